The summed E-state index contributed by atoms with van der Waals surface area (Å²) in [7, 11) is -4.12. The van der Waals surface area contributed by atoms with Gasteiger partial charge in [0.2, 0.25) is 5.91 Å². The molecule has 1 aliphatic heterocycles. The maximum atomic E-state index is 13.1. The summed E-state index contributed by atoms with van der Waals surface area (Å²) in [6, 6.07) is 14.5. The van der Waals surface area contributed by atoms with Gasteiger partial charge in [0, 0.05) is 11.3 Å². The molecular weight excluding hydrogens is 412 g/mol. The van der Waals surface area contributed by atoms with E-state index in [-0.39, 0.29) is 10.5 Å². The third kappa shape index (κ3) is 4.56. The number of hydrogen-bond donors (Lipinski definition) is 1. The molecule has 3 rings (SSSR count). The van der Waals surface area contributed by atoms with Gasteiger partial charge in [0.25, 0.3) is 15.9 Å². The van der Waals surface area contributed by atoms with Crippen molar-refractivity contribution in [3.05, 3.63) is 70.8 Å². The average molecular weight is 441 g/mol. The van der Waals surface area contributed by atoms with Crippen molar-refractivity contribution in [1.29, 1.82) is 0 Å². The number of nitrogens with zero attached hydrogens (tertiary/aromatic N) is 1. The van der Waals surface area contributed by atoms with Crippen molar-refractivity contribution in [1.82, 2.24) is 4.31 Å². The Labute approximate surface area is 184 Å². The van der Waals surface area contributed by atoms with E-state index in [1.54, 1.807) is 24.3 Å². The molecule has 7 heteroatoms. The lowest BCUT2D eigenvalue weighted by Crippen LogP contribution is -2.38. The molecule has 0 atom stereocenters. The van der Waals surface area contributed by atoms with Crippen molar-refractivity contribution in [3.63, 3.8) is 0 Å². The fourth-order valence-electron chi connectivity index (χ4n) is 3.52. The van der Waals surface area contributed by atoms with E-state index in [0.29, 0.717) is 27.4 Å². The van der Waals surface area contributed by atoms with Crippen LogP contribution in [0.25, 0.3) is 4.91 Å². The number of rotatable bonds is 6. The minimum atomic E-state index is -4.12. The molecule has 2 aromatic carbocycles. The fraction of sp³-hybridized carbons (Fsp3) is 0.333. The van der Waals surface area contributed by atoms with Crippen molar-refractivity contribution >= 4 is 32.4 Å². The standard InChI is InChI=1S/C24H28N2O4S/c1-15(2)18-6-8-20(9-7-18)23-17(5)24(28)26(31(23,29)30)14-22(27)25-21-12-10-19(11-13-21)16(3)4/h6-13,15-16H,14H2,1-5H3,(H,25,27). The molecule has 0 aromatic heterocycles. The van der Waals surface area contributed by atoms with E-state index in [1.807, 2.05) is 38.1 Å². The van der Waals surface area contributed by atoms with Crippen LogP contribution in [0.1, 0.15) is 63.1 Å². The summed E-state index contributed by atoms with van der Waals surface area (Å²) in [6.07, 6.45) is 0. The predicted octanol–water partition coefficient (Wildman–Crippen LogP) is 4.48. The van der Waals surface area contributed by atoms with Crippen LogP contribution < -0.4 is 5.32 Å². The van der Waals surface area contributed by atoms with Gasteiger partial charge in [-0.2, -0.15) is 0 Å². The molecule has 2 amide bonds. The minimum absolute atomic E-state index is 0.0399. The number of nitrogens with one attached hydrogen (secondary N) is 1. The minimum Gasteiger partial charge on any atom is -0.325 e. The molecule has 31 heavy (non-hydrogen) atoms. The topological polar surface area (TPSA) is 83.6 Å². The summed E-state index contributed by atoms with van der Waals surface area (Å²) in [6.45, 7) is 9.14. The lowest BCUT2D eigenvalue weighted by atomic mass is 10.0. The maximum Gasteiger partial charge on any atom is 0.268 e. The predicted molar refractivity (Wildman–Crippen MR) is 123 cm³/mol. The van der Waals surface area contributed by atoms with E-state index in [1.165, 1.54) is 6.92 Å². The van der Waals surface area contributed by atoms with Crippen LogP contribution >= 0.6 is 0 Å². The van der Waals surface area contributed by atoms with E-state index in [4.69, 9.17) is 0 Å². The Morgan fingerprint density at radius 1 is 0.903 bits per heavy atom. The Balaban J connectivity index is 1.79. The monoisotopic (exact) mass is 440 g/mol. The first-order valence-corrected chi connectivity index (χ1v) is 11.7. The fourth-order valence-corrected chi connectivity index (χ4v) is 5.29. The molecule has 2 aromatic rings. The van der Waals surface area contributed by atoms with Gasteiger partial charge in [-0.1, -0.05) is 64.1 Å². The number of carbonyl (C=O) groups excluding carboxylic acids is 2. The van der Waals surface area contributed by atoms with E-state index < -0.39 is 28.4 Å². The third-order valence-corrected chi connectivity index (χ3v) is 7.36. The molecule has 0 spiro atoms. The summed E-state index contributed by atoms with van der Waals surface area (Å²) in [5.74, 6) is -0.577. The number of hydrogen-bond acceptors (Lipinski definition) is 4. The van der Waals surface area contributed by atoms with E-state index in [0.717, 1.165) is 11.1 Å². The van der Waals surface area contributed by atoms with Gasteiger partial charge in [0.15, 0.2) is 0 Å². The summed E-state index contributed by atoms with van der Waals surface area (Å²) in [4.78, 5) is 25.2. The summed E-state index contributed by atoms with van der Waals surface area (Å²) in [5.41, 5.74) is 3.31. The van der Waals surface area contributed by atoms with Crippen molar-refractivity contribution in [2.24, 2.45) is 0 Å². The van der Waals surface area contributed by atoms with Gasteiger partial charge in [-0.05, 0) is 47.6 Å². The van der Waals surface area contributed by atoms with Crippen LogP contribution in [0, 0.1) is 0 Å². The van der Waals surface area contributed by atoms with Crippen LogP contribution in [0.2, 0.25) is 0 Å². The lowest BCUT2D eigenvalue weighted by molar-refractivity contribution is -0.126. The van der Waals surface area contributed by atoms with Gasteiger partial charge in [0.1, 0.15) is 11.4 Å². The van der Waals surface area contributed by atoms with Crippen molar-refractivity contribution in [3.8, 4) is 0 Å². The molecule has 0 aliphatic carbocycles. The molecule has 0 saturated carbocycles. The Kier molecular flexibility index (Phi) is 6.36. The third-order valence-electron chi connectivity index (χ3n) is 5.42. The van der Waals surface area contributed by atoms with E-state index >= 15 is 0 Å². The van der Waals surface area contributed by atoms with Gasteiger partial charge >= 0.3 is 0 Å². The zero-order valence-corrected chi connectivity index (χ0v) is 19.3. The molecule has 0 fully saturated rings. The zero-order chi connectivity index (χ0) is 22.9. The first-order chi connectivity index (χ1) is 14.5. The Morgan fingerprint density at radius 2 is 1.39 bits per heavy atom. The average Bonchev–Trinajstić information content (AvgIpc) is 2.87. The van der Waals surface area contributed by atoms with E-state index in [2.05, 4.69) is 19.2 Å². The quantitative estimate of drug-likeness (QED) is 0.718. The lowest BCUT2D eigenvalue weighted by Gasteiger charge is -2.17. The summed E-state index contributed by atoms with van der Waals surface area (Å²) < 4.78 is 26.9. The molecule has 0 radical (unpaired) electrons. The van der Waals surface area contributed by atoms with Crippen LogP contribution in [0.5, 0.6) is 0 Å². The summed E-state index contributed by atoms with van der Waals surface area (Å²) >= 11 is 0. The van der Waals surface area contributed by atoms with Crippen LogP contribution in [-0.2, 0) is 19.6 Å². The second-order valence-electron chi connectivity index (χ2n) is 8.37. The molecule has 1 heterocycles. The largest absolute Gasteiger partial charge is 0.325 e. The van der Waals surface area contributed by atoms with Crippen LogP contribution in [0.4, 0.5) is 5.69 Å². The van der Waals surface area contributed by atoms with Crippen LogP contribution in [0.15, 0.2) is 54.1 Å². The van der Waals surface area contributed by atoms with Gasteiger partial charge < -0.3 is 5.32 Å². The number of carbonyl (C=O) groups is 2. The maximum absolute atomic E-state index is 13.1. The molecule has 6 nitrogen and oxygen atoms in total. The second kappa shape index (κ2) is 8.67. The SMILES string of the molecule is CC1=C(c2ccc(C(C)C)cc2)S(=O)(=O)N(CC(=O)Nc2ccc(C(C)C)cc2)C1=O. The zero-order valence-electron chi connectivity index (χ0n) is 18.5. The molecule has 1 N–H and O–H groups in total. The number of amides is 2. The molecule has 0 unspecified atom stereocenters. The Morgan fingerprint density at radius 3 is 1.87 bits per heavy atom. The van der Waals surface area contributed by atoms with Gasteiger partial charge in [-0.25, -0.2) is 12.7 Å². The summed E-state index contributed by atoms with van der Waals surface area (Å²) in [5, 5.41) is 2.67. The highest BCUT2D eigenvalue weighted by molar-refractivity contribution is 7.99. The molecule has 0 bridgehead atoms. The molecule has 0 saturated heterocycles. The van der Waals surface area contributed by atoms with Gasteiger partial charge in [-0.3, -0.25) is 9.59 Å². The highest BCUT2D eigenvalue weighted by Crippen LogP contribution is 2.35. The second-order valence-corrected chi connectivity index (χ2v) is 10.2. The normalized spacial score (nSPS) is 15.8. The van der Waals surface area contributed by atoms with Crippen molar-refractivity contribution < 1.29 is 18.0 Å². The number of sulfonamides is 1. The van der Waals surface area contributed by atoms with Crippen molar-refractivity contribution in [2.45, 2.75) is 46.5 Å². The van der Waals surface area contributed by atoms with Gasteiger partial charge in [0.05, 0.1) is 0 Å². The highest BCUT2D eigenvalue weighted by atomic mass is 32.2. The molecule has 164 valence electrons. The smallest absolute Gasteiger partial charge is 0.268 e. The van der Waals surface area contributed by atoms with Gasteiger partial charge in [-0.15, -0.1) is 0 Å². The van der Waals surface area contributed by atoms with Crippen molar-refractivity contribution in [2.75, 3.05) is 11.9 Å². The molecule has 1 aliphatic rings. The number of anilines is 1. The Bertz CT molecular complexity index is 1130. The van der Waals surface area contributed by atoms with Crippen LogP contribution in [-0.4, -0.2) is 31.1 Å². The highest BCUT2D eigenvalue weighted by Gasteiger charge is 2.43. The first-order valence-electron chi connectivity index (χ1n) is 10.3. The number of benzene rings is 2. The Hall–Kier alpha value is -2.93. The molecular formula is C24H28N2O4S. The first kappa shape index (κ1) is 22.7. The van der Waals surface area contributed by atoms with Crippen LogP contribution in [0.3, 0.4) is 0 Å². The van der Waals surface area contributed by atoms with E-state index in [9.17, 15) is 18.0 Å².